The number of piperazine rings is 1. The van der Waals surface area contributed by atoms with Crippen LogP contribution in [0.15, 0.2) is 24.3 Å². The number of hydrogen-bond donors (Lipinski definition) is 1. The largest absolute Gasteiger partial charge is 0.416 e. The summed E-state index contributed by atoms with van der Waals surface area (Å²) in [6.45, 7) is 1.40. The normalized spacial score (nSPS) is 17.3. The van der Waals surface area contributed by atoms with Gasteiger partial charge in [0.05, 0.1) is 17.4 Å². The van der Waals surface area contributed by atoms with Crippen molar-refractivity contribution in [3.8, 4) is 0 Å². The van der Waals surface area contributed by atoms with Gasteiger partial charge in [0.15, 0.2) is 0 Å². The molecule has 2 N–H and O–H groups in total. The SMILES string of the molecule is CS(=O)(=O)CCC(N)C(=O)N1CCN(c2cccc(C(F)(F)F)c2)CC1. The average Bonchev–Trinajstić information content (AvgIpc) is 2.58. The van der Waals surface area contributed by atoms with E-state index in [1.165, 1.54) is 11.0 Å². The van der Waals surface area contributed by atoms with E-state index in [4.69, 9.17) is 5.73 Å². The van der Waals surface area contributed by atoms with Gasteiger partial charge >= 0.3 is 6.18 Å². The Kier molecular flexibility index (Phi) is 6.17. The summed E-state index contributed by atoms with van der Waals surface area (Å²) in [5.41, 5.74) is 5.51. The number of nitrogens with two attached hydrogens (primary N) is 1. The number of sulfone groups is 1. The summed E-state index contributed by atoms with van der Waals surface area (Å²) in [6, 6.07) is 4.17. The van der Waals surface area contributed by atoms with Crippen molar-refractivity contribution in [2.24, 2.45) is 5.73 Å². The lowest BCUT2D eigenvalue weighted by atomic mass is 10.1. The van der Waals surface area contributed by atoms with Crippen LogP contribution >= 0.6 is 0 Å². The quantitative estimate of drug-likeness (QED) is 0.811. The molecule has 1 aromatic rings. The summed E-state index contributed by atoms with van der Waals surface area (Å²) >= 11 is 0. The van der Waals surface area contributed by atoms with Crippen molar-refractivity contribution in [1.29, 1.82) is 0 Å². The molecule has 0 aromatic heterocycles. The molecule has 1 heterocycles. The fraction of sp³-hybridized carbons (Fsp3) is 0.562. The van der Waals surface area contributed by atoms with E-state index < -0.39 is 27.6 Å². The van der Waals surface area contributed by atoms with Crippen LogP contribution in [0.3, 0.4) is 0 Å². The predicted molar refractivity (Wildman–Crippen MR) is 92.5 cm³/mol. The minimum Gasteiger partial charge on any atom is -0.368 e. The number of benzene rings is 1. The molecule has 1 aliphatic heterocycles. The molecule has 1 aliphatic rings. The summed E-state index contributed by atoms with van der Waals surface area (Å²) in [5.74, 6) is -0.498. The maximum atomic E-state index is 12.8. The minimum absolute atomic E-state index is 0.0471. The molecule has 0 aliphatic carbocycles. The number of amides is 1. The van der Waals surface area contributed by atoms with E-state index in [-0.39, 0.29) is 18.1 Å². The molecule has 10 heteroatoms. The van der Waals surface area contributed by atoms with Crippen LogP contribution in [0.1, 0.15) is 12.0 Å². The number of carbonyl (C=O) groups is 1. The standard InChI is InChI=1S/C16H22F3N3O3S/c1-26(24,25)10-5-14(20)15(23)22-8-6-21(7-9-22)13-4-2-3-12(11-13)16(17,18)19/h2-4,11,14H,5-10,20H2,1H3. The van der Waals surface area contributed by atoms with Gasteiger partial charge in [-0.25, -0.2) is 8.42 Å². The Labute approximate surface area is 150 Å². The van der Waals surface area contributed by atoms with Crippen LogP contribution in [0, 0.1) is 0 Å². The molecule has 1 unspecified atom stereocenters. The number of rotatable bonds is 5. The van der Waals surface area contributed by atoms with E-state index in [1.54, 1.807) is 11.0 Å². The van der Waals surface area contributed by atoms with Gasteiger partial charge < -0.3 is 15.5 Å². The van der Waals surface area contributed by atoms with Crippen molar-refractivity contribution in [1.82, 2.24) is 4.90 Å². The maximum Gasteiger partial charge on any atom is 0.416 e. The molecule has 0 radical (unpaired) electrons. The number of nitrogens with zero attached hydrogens (tertiary/aromatic N) is 2. The van der Waals surface area contributed by atoms with Crippen molar-refractivity contribution in [2.75, 3.05) is 43.1 Å². The Balaban J connectivity index is 1.94. The molecule has 1 fully saturated rings. The molecule has 0 saturated carbocycles. The van der Waals surface area contributed by atoms with Crippen molar-refractivity contribution in [3.63, 3.8) is 0 Å². The number of hydrogen-bond acceptors (Lipinski definition) is 5. The zero-order valence-electron chi connectivity index (χ0n) is 14.4. The van der Waals surface area contributed by atoms with E-state index in [1.807, 2.05) is 0 Å². The second-order valence-corrected chi connectivity index (χ2v) is 8.65. The molecule has 2 rings (SSSR count). The van der Waals surface area contributed by atoms with Gasteiger partial charge in [-0.05, 0) is 24.6 Å². The highest BCUT2D eigenvalue weighted by Crippen LogP contribution is 2.31. The zero-order chi connectivity index (χ0) is 19.5. The Hall–Kier alpha value is -1.81. The second kappa shape index (κ2) is 7.83. The molecule has 26 heavy (non-hydrogen) atoms. The van der Waals surface area contributed by atoms with Gasteiger partial charge in [0.2, 0.25) is 5.91 Å². The van der Waals surface area contributed by atoms with Gasteiger partial charge in [-0.15, -0.1) is 0 Å². The van der Waals surface area contributed by atoms with Gasteiger partial charge in [-0.2, -0.15) is 13.2 Å². The second-order valence-electron chi connectivity index (χ2n) is 6.39. The fourth-order valence-corrected chi connectivity index (χ4v) is 3.45. The minimum atomic E-state index is -4.40. The molecule has 1 amide bonds. The van der Waals surface area contributed by atoms with Gasteiger partial charge in [-0.3, -0.25) is 4.79 Å². The van der Waals surface area contributed by atoms with E-state index in [2.05, 4.69) is 0 Å². The third-order valence-corrected chi connectivity index (χ3v) is 5.22. The van der Waals surface area contributed by atoms with Crippen LogP contribution < -0.4 is 10.6 Å². The van der Waals surface area contributed by atoms with Crippen molar-refractivity contribution in [3.05, 3.63) is 29.8 Å². The van der Waals surface area contributed by atoms with Crippen LogP contribution in [-0.4, -0.2) is 63.5 Å². The van der Waals surface area contributed by atoms with Gasteiger partial charge in [0, 0.05) is 38.1 Å². The molecule has 1 atom stereocenters. The van der Waals surface area contributed by atoms with Gasteiger partial charge in [0.1, 0.15) is 9.84 Å². The van der Waals surface area contributed by atoms with Crippen LogP contribution in [0.25, 0.3) is 0 Å². The molecular formula is C16H22F3N3O3S. The summed E-state index contributed by atoms with van der Waals surface area (Å²) in [4.78, 5) is 15.6. The monoisotopic (exact) mass is 393 g/mol. The first kappa shape index (κ1) is 20.5. The first-order valence-electron chi connectivity index (χ1n) is 8.12. The third kappa shape index (κ3) is 5.60. The smallest absolute Gasteiger partial charge is 0.368 e. The predicted octanol–water partition coefficient (Wildman–Crippen LogP) is 1.12. The molecule has 146 valence electrons. The van der Waals surface area contributed by atoms with Gasteiger partial charge in [0.25, 0.3) is 0 Å². The summed E-state index contributed by atoms with van der Waals surface area (Å²) in [7, 11) is -3.20. The van der Waals surface area contributed by atoms with E-state index in [0.717, 1.165) is 18.4 Å². The highest BCUT2D eigenvalue weighted by molar-refractivity contribution is 7.90. The zero-order valence-corrected chi connectivity index (χ0v) is 15.2. The average molecular weight is 393 g/mol. The Bertz CT molecular complexity index is 745. The van der Waals surface area contributed by atoms with Crippen LogP contribution in [0.4, 0.5) is 18.9 Å². The Morgan fingerprint density at radius 1 is 1.23 bits per heavy atom. The number of carbonyl (C=O) groups excluding carboxylic acids is 1. The molecule has 0 spiro atoms. The van der Waals surface area contributed by atoms with Crippen LogP contribution in [0.5, 0.6) is 0 Å². The van der Waals surface area contributed by atoms with E-state index in [9.17, 15) is 26.4 Å². The van der Waals surface area contributed by atoms with E-state index >= 15 is 0 Å². The van der Waals surface area contributed by atoms with E-state index in [0.29, 0.717) is 31.9 Å². The summed E-state index contributed by atoms with van der Waals surface area (Å²) in [6.07, 6.45) is -3.27. The van der Waals surface area contributed by atoms with Crippen molar-refractivity contribution >= 4 is 21.4 Å². The third-order valence-electron chi connectivity index (χ3n) is 4.25. The lowest BCUT2D eigenvalue weighted by Gasteiger charge is -2.37. The van der Waals surface area contributed by atoms with Gasteiger partial charge in [-0.1, -0.05) is 6.07 Å². The molecule has 1 aromatic carbocycles. The Morgan fingerprint density at radius 2 is 1.85 bits per heavy atom. The first-order chi connectivity index (χ1) is 12.0. The van der Waals surface area contributed by atoms with Crippen LogP contribution in [0.2, 0.25) is 0 Å². The molecule has 6 nitrogen and oxygen atoms in total. The summed E-state index contributed by atoms with van der Waals surface area (Å²) in [5, 5.41) is 0. The Morgan fingerprint density at radius 3 is 2.38 bits per heavy atom. The lowest BCUT2D eigenvalue weighted by molar-refractivity contribution is -0.137. The number of alkyl halides is 3. The lowest BCUT2D eigenvalue weighted by Crippen LogP contribution is -2.53. The topological polar surface area (TPSA) is 83.7 Å². The first-order valence-corrected chi connectivity index (χ1v) is 10.2. The van der Waals surface area contributed by atoms with Crippen LogP contribution in [-0.2, 0) is 20.8 Å². The van der Waals surface area contributed by atoms with Crippen molar-refractivity contribution in [2.45, 2.75) is 18.6 Å². The van der Waals surface area contributed by atoms with Crippen molar-refractivity contribution < 1.29 is 26.4 Å². The fourth-order valence-electron chi connectivity index (χ4n) is 2.76. The molecule has 1 saturated heterocycles. The molecule has 0 bridgehead atoms. The highest BCUT2D eigenvalue weighted by atomic mass is 32.2. The maximum absolute atomic E-state index is 12.8. The molecular weight excluding hydrogens is 371 g/mol. The number of anilines is 1. The highest BCUT2D eigenvalue weighted by Gasteiger charge is 2.31. The number of halogens is 3. The summed E-state index contributed by atoms with van der Waals surface area (Å²) < 4.78 is 60.8.